The van der Waals surface area contributed by atoms with Gasteiger partial charge in [0.05, 0.1) is 0 Å². The van der Waals surface area contributed by atoms with Crippen molar-refractivity contribution in [1.29, 1.82) is 5.41 Å². The molecule has 0 amide bonds. The molecule has 1 unspecified atom stereocenters. The van der Waals surface area contributed by atoms with Gasteiger partial charge in [-0.2, -0.15) is 0 Å². The second-order valence-corrected chi connectivity index (χ2v) is 5.58. The summed E-state index contributed by atoms with van der Waals surface area (Å²) in [5, 5.41) is 7.62. The highest BCUT2D eigenvalue weighted by Gasteiger charge is 2.25. The van der Waals surface area contributed by atoms with E-state index in [1.807, 2.05) is 24.3 Å². The van der Waals surface area contributed by atoms with Gasteiger partial charge in [0.25, 0.3) is 0 Å². The third kappa shape index (κ3) is 2.99. The van der Waals surface area contributed by atoms with Gasteiger partial charge in [0.2, 0.25) is 0 Å². The molecule has 1 atom stereocenters. The fraction of sp³-hybridized carbons (Fsp3) is 0.500. The first-order valence-electron chi connectivity index (χ1n) is 5.91. The van der Waals surface area contributed by atoms with Crippen molar-refractivity contribution in [2.24, 2.45) is 11.1 Å². The first kappa shape index (κ1) is 13.6. The van der Waals surface area contributed by atoms with Gasteiger partial charge in [-0.3, -0.25) is 5.41 Å². The molecule has 0 fully saturated rings. The predicted molar refractivity (Wildman–Crippen MR) is 74.8 cm³/mol. The summed E-state index contributed by atoms with van der Waals surface area (Å²) < 4.78 is 0. The number of hydrogen-bond acceptors (Lipinski definition) is 2. The van der Waals surface area contributed by atoms with E-state index in [4.69, 9.17) is 11.1 Å². The first-order valence-corrected chi connectivity index (χ1v) is 5.91. The SMILES string of the molecule is CC(N(C)c1ccccc1C(=N)N)C(C)(C)C. The molecule has 0 saturated heterocycles. The van der Waals surface area contributed by atoms with Gasteiger partial charge in [-0.1, -0.05) is 32.9 Å². The van der Waals surface area contributed by atoms with E-state index in [2.05, 4.69) is 39.6 Å². The Morgan fingerprint density at radius 1 is 1.29 bits per heavy atom. The molecule has 3 N–H and O–H groups in total. The summed E-state index contributed by atoms with van der Waals surface area (Å²) >= 11 is 0. The Bertz CT molecular complexity index is 404. The largest absolute Gasteiger partial charge is 0.384 e. The third-order valence-electron chi connectivity index (χ3n) is 3.41. The Kier molecular flexibility index (Phi) is 3.81. The third-order valence-corrected chi connectivity index (χ3v) is 3.41. The number of nitrogens with zero attached hydrogens (tertiary/aromatic N) is 1. The van der Waals surface area contributed by atoms with Gasteiger partial charge in [-0.05, 0) is 24.5 Å². The van der Waals surface area contributed by atoms with Crippen molar-refractivity contribution in [1.82, 2.24) is 0 Å². The number of benzene rings is 1. The van der Waals surface area contributed by atoms with Gasteiger partial charge in [0.15, 0.2) is 0 Å². The minimum absolute atomic E-state index is 0.119. The summed E-state index contributed by atoms with van der Waals surface area (Å²) in [6.45, 7) is 8.83. The number of hydrogen-bond donors (Lipinski definition) is 2. The van der Waals surface area contributed by atoms with E-state index >= 15 is 0 Å². The molecule has 0 saturated carbocycles. The van der Waals surface area contributed by atoms with Crippen molar-refractivity contribution < 1.29 is 0 Å². The van der Waals surface area contributed by atoms with Crippen molar-refractivity contribution in [3.05, 3.63) is 29.8 Å². The predicted octanol–water partition coefficient (Wildman–Crippen LogP) is 2.84. The number of rotatable bonds is 3. The van der Waals surface area contributed by atoms with Crippen LogP contribution in [0.25, 0.3) is 0 Å². The van der Waals surface area contributed by atoms with Crippen LogP contribution in [0.1, 0.15) is 33.3 Å². The molecule has 1 aromatic carbocycles. The monoisotopic (exact) mass is 233 g/mol. The number of amidine groups is 1. The Morgan fingerprint density at radius 2 is 1.82 bits per heavy atom. The van der Waals surface area contributed by atoms with Crippen LogP contribution in [-0.4, -0.2) is 18.9 Å². The van der Waals surface area contributed by atoms with Crippen LogP contribution in [0, 0.1) is 10.8 Å². The lowest BCUT2D eigenvalue weighted by Crippen LogP contribution is -2.40. The number of nitrogen functional groups attached to an aromatic ring is 1. The average molecular weight is 233 g/mol. The minimum atomic E-state index is 0.119. The number of anilines is 1. The van der Waals surface area contributed by atoms with E-state index < -0.39 is 0 Å². The molecule has 0 aliphatic rings. The van der Waals surface area contributed by atoms with Gasteiger partial charge in [0.1, 0.15) is 5.84 Å². The second-order valence-electron chi connectivity index (χ2n) is 5.58. The maximum Gasteiger partial charge on any atom is 0.124 e. The van der Waals surface area contributed by atoms with E-state index in [0.29, 0.717) is 6.04 Å². The van der Waals surface area contributed by atoms with Gasteiger partial charge < -0.3 is 10.6 Å². The fourth-order valence-electron chi connectivity index (χ4n) is 1.80. The maximum absolute atomic E-state index is 7.62. The Labute approximate surface area is 104 Å². The smallest absolute Gasteiger partial charge is 0.124 e. The van der Waals surface area contributed by atoms with Gasteiger partial charge in [-0.25, -0.2) is 0 Å². The molecule has 0 bridgehead atoms. The van der Waals surface area contributed by atoms with Crippen LogP contribution in [-0.2, 0) is 0 Å². The van der Waals surface area contributed by atoms with Crippen LogP contribution in [0.3, 0.4) is 0 Å². The molecular formula is C14H23N3. The van der Waals surface area contributed by atoms with Crippen LogP contribution < -0.4 is 10.6 Å². The zero-order chi connectivity index (χ0) is 13.2. The van der Waals surface area contributed by atoms with Gasteiger partial charge >= 0.3 is 0 Å². The van der Waals surface area contributed by atoms with Crippen molar-refractivity contribution in [3.8, 4) is 0 Å². The van der Waals surface area contributed by atoms with Crippen molar-refractivity contribution in [2.45, 2.75) is 33.7 Å². The van der Waals surface area contributed by atoms with Crippen LogP contribution in [0.4, 0.5) is 5.69 Å². The first-order chi connectivity index (χ1) is 7.75. The lowest BCUT2D eigenvalue weighted by atomic mass is 9.86. The summed E-state index contributed by atoms with van der Waals surface area (Å²) in [6.07, 6.45) is 0. The highest BCUT2D eigenvalue weighted by molar-refractivity contribution is 6.00. The summed E-state index contributed by atoms with van der Waals surface area (Å²) in [5.74, 6) is 0.119. The zero-order valence-electron chi connectivity index (χ0n) is 11.4. The van der Waals surface area contributed by atoms with Crippen molar-refractivity contribution in [2.75, 3.05) is 11.9 Å². The molecule has 0 aromatic heterocycles. The summed E-state index contributed by atoms with van der Waals surface area (Å²) in [7, 11) is 2.05. The zero-order valence-corrected chi connectivity index (χ0v) is 11.4. The molecule has 3 nitrogen and oxygen atoms in total. The lowest BCUT2D eigenvalue weighted by Gasteiger charge is -2.37. The van der Waals surface area contributed by atoms with Crippen molar-refractivity contribution >= 4 is 11.5 Å². The van der Waals surface area contributed by atoms with E-state index in [0.717, 1.165) is 11.3 Å². The standard InChI is InChI=1S/C14H23N3/c1-10(14(2,3)4)17(5)12-9-7-6-8-11(12)13(15)16/h6-10H,1-5H3,(H3,15,16). The lowest BCUT2D eigenvalue weighted by molar-refractivity contribution is 0.329. The maximum atomic E-state index is 7.62. The van der Waals surface area contributed by atoms with Crippen LogP contribution >= 0.6 is 0 Å². The van der Waals surface area contributed by atoms with Crippen molar-refractivity contribution in [3.63, 3.8) is 0 Å². The molecule has 1 rings (SSSR count). The molecule has 0 aliphatic heterocycles. The molecule has 94 valence electrons. The quantitative estimate of drug-likeness (QED) is 0.623. The fourth-order valence-corrected chi connectivity index (χ4v) is 1.80. The number of nitrogens with two attached hydrogens (primary N) is 1. The number of nitrogens with one attached hydrogen (secondary N) is 1. The van der Waals surface area contributed by atoms with E-state index in [9.17, 15) is 0 Å². The topological polar surface area (TPSA) is 53.1 Å². The molecule has 1 aromatic rings. The minimum Gasteiger partial charge on any atom is -0.384 e. The van der Waals surface area contributed by atoms with Crippen LogP contribution in [0.5, 0.6) is 0 Å². The Morgan fingerprint density at radius 3 is 2.29 bits per heavy atom. The molecular weight excluding hydrogens is 210 g/mol. The van der Waals surface area contributed by atoms with E-state index in [-0.39, 0.29) is 11.3 Å². The summed E-state index contributed by atoms with van der Waals surface area (Å²) in [4.78, 5) is 2.19. The van der Waals surface area contributed by atoms with Crippen LogP contribution in [0.2, 0.25) is 0 Å². The highest BCUT2D eigenvalue weighted by Crippen LogP contribution is 2.29. The van der Waals surface area contributed by atoms with E-state index in [1.165, 1.54) is 0 Å². The molecule has 0 aliphatic carbocycles. The molecule has 17 heavy (non-hydrogen) atoms. The molecule has 0 spiro atoms. The molecule has 0 heterocycles. The average Bonchev–Trinajstić information content (AvgIpc) is 2.25. The number of para-hydroxylation sites is 1. The van der Waals surface area contributed by atoms with E-state index in [1.54, 1.807) is 0 Å². The summed E-state index contributed by atoms with van der Waals surface area (Å²) in [6, 6.07) is 8.16. The highest BCUT2D eigenvalue weighted by atomic mass is 15.1. The van der Waals surface area contributed by atoms with Gasteiger partial charge in [0, 0.05) is 24.3 Å². The molecule has 0 radical (unpaired) electrons. The molecule has 3 heteroatoms. The van der Waals surface area contributed by atoms with Gasteiger partial charge in [-0.15, -0.1) is 0 Å². The normalized spacial score (nSPS) is 13.2. The Balaban J connectivity index is 3.12. The Hall–Kier alpha value is -1.51. The summed E-state index contributed by atoms with van der Waals surface area (Å²) in [5.41, 5.74) is 7.61. The second kappa shape index (κ2) is 4.78. The van der Waals surface area contributed by atoms with Crippen LogP contribution in [0.15, 0.2) is 24.3 Å².